The zero-order chi connectivity index (χ0) is 18.4. The Hall–Kier alpha value is -3.74. The number of hydrazone groups is 1. The first-order valence-electron chi connectivity index (χ1n) is 7.74. The van der Waals surface area contributed by atoms with Crippen molar-refractivity contribution in [2.75, 3.05) is 6.61 Å². The molecule has 7 heteroatoms. The Kier molecular flexibility index (Phi) is 5.19. The van der Waals surface area contributed by atoms with Crippen LogP contribution in [0.2, 0.25) is 0 Å². The molecule has 0 fully saturated rings. The van der Waals surface area contributed by atoms with Gasteiger partial charge in [0.2, 0.25) is 0 Å². The maximum Gasteiger partial charge on any atom is 0.289 e. The number of carboxylic acid groups (broad SMARTS) is 1. The standard InChI is InChI=1S/C19H15N3O4/c23-18(24)12-26-17-8-4-2-6-14(17)11-20-22-19(25)16-10-9-13-5-1-3-7-15(13)21-16/h1-11H,12H2,(H,22,25)(H,23,24)/p-1/b20-11-. The monoisotopic (exact) mass is 348 g/mol. The predicted octanol–water partition coefficient (Wildman–Crippen LogP) is 1.13. The lowest BCUT2D eigenvalue weighted by atomic mass is 10.2. The van der Waals surface area contributed by atoms with Crippen LogP contribution < -0.4 is 15.3 Å². The molecule has 0 aliphatic carbocycles. The van der Waals surface area contributed by atoms with Gasteiger partial charge in [0.1, 0.15) is 18.1 Å². The Morgan fingerprint density at radius 3 is 2.69 bits per heavy atom. The van der Waals surface area contributed by atoms with E-state index in [4.69, 9.17) is 4.74 Å². The molecule has 0 bridgehead atoms. The first-order chi connectivity index (χ1) is 12.6. The number of amides is 1. The topological polar surface area (TPSA) is 104 Å². The number of para-hydroxylation sites is 2. The molecule has 7 nitrogen and oxygen atoms in total. The Balaban J connectivity index is 1.69. The van der Waals surface area contributed by atoms with Crippen molar-refractivity contribution in [3.05, 3.63) is 71.9 Å². The van der Waals surface area contributed by atoms with E-state index in [9.17, 15) is 14.7 Å². The van der Waals surface area contributed by atoms with E-state index in [0.29, 0.717) is 16.8 Å². The van der Waals surface area contributed by atoms with E-state index in [1.165, 1.54) is 6.21 Å². The zero-order valence-electron chi connectivity index (χ0n) is 13.6. The number of carboxylic acids is 1. The van der Waals surface area contributed by atoms with Crippen LogP contribution in [0, 0.1) is 0 Å². The first-order valence-corrected chi connectivity index (χ1v) is 7.74. The van der Waals surface area contributed by atoms with Crippen LogP contribution in [0.15, 0.2) is 65.8 Å². The van der Waals surface area contributed by atoms with Crippen molar-refractivity contribution in [2.45, 2.75) is 0 Å². The Bertz CT molecular complexity index is 985. The minimum Gasteiger partial charge on any atom is -0.546 e. The van der Waals surface area contributed by atoms with E-state index in [2.05, 4.69) is 15.5 Å². The summed E-state index contributed by atoms with van der Waals surface area (Å²) in [5, 5.41) is 15.3. The van der Waals surface area contributed by atoms with Gasteiger partial charge in [0.25, 0.3) is 5.91 Å². The molecule has 0 radical (unpaired) electrons. The number of hydrogen-bond acceptors (Lipinski definition) is 6. The molecular weight excluding hydrogens is 334 g/mol. The van der Waals surface area contributed by atoms with E-state index < -0.39 is 18.5 Å². The highest BCUT2D eigenvalue weighted by Gasteiger charge is 2.07. The van der Waals surface area contributed by atoms with E-state index in [-0.39, 0.29) is 5.69 Å². The van der Waals surface area contributed by atoms with Crippen LogP contribution in [-0.4, -0.2) is 29.7 Å². The van der Waals surface area contributed by atoms with E-state index in [1.807, 2.05) is 30.3 Å². The number of carbonyl (C=O) groups excluding carboxylic acids is 2. The van der Waals surface area contributed by atoms with Crippen molar-refractivity contribution in [1.82, 2.24) is 10.4 Å². The number of nitrogens with zero attached hydrogens (tertiary/aromatic N) is 2. The second kappa shape index (κ2) is 7.89. The summed E-state index contributed by atoms with van der Waals surface area (Å²) in [5.41, 5.74) is 3.85. The molecule has 1 heterocycles. The summed E-state index contributed by atoms with van der Waals surface area (Å²) in [6.45, 7) is -0.571. The third kappa shape index (κ3) is 4.21. The van der Waals surface area contributed by atoms with Gasteiger partial charge < -0.3 is 14.6 Å². The SMILES string of the molecule is O=C([O-])COc1ccccc1/C=N\NC(=O)c1ccc2ccccc2n1. The number of ether oxygens (including phenoxy) is 1. The lowest BCUT2D eigenvalue weighted by Crippen LogP contribution is -2.29. The van der Waals surface area contributed by atoms with E-state index >= 15 is 0 Å². The van der Waals surface area contributed by atoms with E-state index in [0.717, 1.165) is 5.39 Å². The number of fused-ring (bicyclic) bond motifs is 1. The highest BCUT2D eigenvalue weighted by Crippen LogP contribution is 2.15. The molecule has 3 aromatic rings. The molecule has 2 aromatic carbocycles. The fraction of sp³-hybridized carbons (Fsp3) is 0.0526. The van der Waals surface area contributed by atoms with Gasteiger partial charge in [0.15, 0.2) is 0 Å². The minimum absolute atomic E-state index is 0.238. The summed E-state index contributed by atoms with van der Waals surface area (Å²) in [4.78, 5) is 27.0. The fourth-order valence-corrected chi connectivity index (χ4v) is 2.27. The molecule has 0 atom stereocenters. The largest absolute Gasteiger partial charge is 0.546 e. The van der Waals surface area contributed by atoms with Crippen LogP contribution >= 0.6 is 0 Å². The van der Waals surface area contributed by atoms with Crippen LogP contribution in [0.5, 0.6) is 5.75 Å². The lowest BCUT2D eigenvalue weighted by Gasteiger charge is -2.09. The minimum atomic E-state index is -1.33. The van der Waals surface area contributed by atoms with Crippen molar-refractivity contribution in [3.8, 4) is 5.75 Å². The number of nitrogens with one attached hydrogen (secondary N) is 1. The van der Waals surface area contributed by atoms with Gasteiger partial charge in [-0.25, -0.2) is 10.4 Å². The molecule has 0 saturated carbocycles. The molecule has 1 N–H and O–H groups in total. The van der Waals surface area contributed by atoms with Crippen molar-refractivity contribution >= 4 is 29.0 Å². The summed E-state index contributed by atoms with van der Waals surface area (Å²) in [6.07, 6.45) is 1.36. The zero-order valence-corrected chi connectivity index (χ0v) is 13.6. The lowest BCUT2D eigenvalue weighted by molar-refractivity contribution is -0.307. The second-order valence-electron chi connectivity index (χ2n) is 5.29. The van der Waals surface area contributed by atoms with Gasteiger partial charge in [-0.05, 0) is 24.3 Å². The molecule has 1 aromatic heterocycles. The number of aliphatic carboxylic acids is 1. The molecule has 0 saturated heterocycles. The van der Waals surface area contributed by atoms with Gasteiger partial charge in [-0.15, -0.1) is 0 Å². The molecule has 26 heavy (non-hydrogen) atoms. The van der Waals surface area contributed by atoms with Crippen molar-refractivity contribution in [1.29, 1.82) is 0 Å². The maximum absolute atomic E-state index is 12.2. The Morgan fingerprint density at radius 2 is 1.85 bits per heavy atom. The van der Waals surface area contributed by atoms with Gasteiger partial charge in [-0.1, -0.05) is 36.4 Å². The van der Waals surface area contributed by atoms with Crippen LogP contribution in [-0.2, 0) is 4.79 Å². The summed E-state index contributed by atoms with van der Waals surface area (Å²) in [5.74, 6) is -1.47. The van der Waals surface area contributed by atoms with Gasteiger partial charge in [-0.2, -0.15) is 5.10 Å². The molecule has 130 valence electrons. The molecular formula is C19H14N3O4-. The number of rotatable bonds is 6. The average molecular weight is 348 g/mol. The van der Waals surface area contributed by atoms with Crippen LogP contribution in [0.25, 0.3) is 10.9 Å². The van der Waals surface area contributed by atoms with Crippen LogP contribution in [0.4, 0.5) is 0 Å². The van der Waals surface area contributed by atoms with Crippen molar-refractivity contribution < 1.29 is 19.4 Å². The third-order valence-corrected chi connectivity index (χ3v) is 3.47. The van der Waals surface area contributed by atoms with Crippen molar-refractivity contribution in [2.24, 2.45) is 5.10 Å². The quantitative estimate of drug-likeness (QED) is 0.531. The number of carbonyl (C=O) groups is 2. The number of pyridine rings is 1. The molecule has 0 aliphatic heterocycles. The normalized spacial score (nSPS) is 10.8. The van der Waals surface area contributed by atoms with Crippen LogP contribution in [0.3, 0.4) is 0 Å². The van der Waals surface area contributed by atoms with Gasteiger partial charge in [0, 0.05) is 10.9 Å². The molecule has 0 spiro atoms. The Labute approximate surface area is 148 Å². The fourth-order valence-electron chi connectivity index (χ4n) is 2.27. The van der Waals surface area contributed by atoms with Crippen molar-refractivity contribution in [3.63, 3.8) is 0 Å². The van der Waals surface area contributed by atoms with Crippen LogP contribution in [0.1, 0.15) is 16.1 Å². The summed E-state index contributed by atoms with van der Waals surface area (Å²) in [6, 6.07) is 17.6. The second-order valence-corrected chi connectivity index (χ2v) is 5.29. The highest BCUT2D eigenvalue weighted by molar-refractivity contribution is 5.95. The van der Waals surface area contributed by atoms with Gasteiger partial charge in [0.05, 0.1) is 17.7 Å². The third-order valence-electron chi connectivity index (χ3n) is 3.47. The molecule has 3 rings (SSSR count). The summed E-state index contributed by atoms with van der Waals surface area (Å²) in [7, 11) is 0. The smallest absolute Gasteiger partial charge is 0.289 e. The Morgan fingerprint density at radius 1 is 1.08 bits per heavy atom. The summed E-state index contributed by atoms with van der Waals surface area (Å²) >= 11 is 0. The number of benzene rings is 2. The summed E-state index contributed by atoms with van der Waals surface area (Å²) < 4.78 is 5.11. The van der Waals surface area contributed by atoms with Gasteiger partial charge in [-0.3, -0.25) is 4.79 Å². The average Bonchev–Trinajstić information content (AvgIpc) is 2.66. The maximum atomic E-state index is 12.2. The number of hydrogen-bond donors (Lipinski definition) is 1. The highest BCUT2D eigenvalue weighted by atomic mass is 16.5. The predicted molar refractivity (Wildman–Crippen MR) is 93.7 cm³/mol. The molecule has 0 aliphatic rings. The van der Waals surface area contributed by atoms with Gasteiger partial charge >= 0.3 is 0 Å². The van der Waals surface area contributed by atoms with E-state index in [1.54, 1.807) is 30.3 Å². The molecule has 1 amide bonds. The molecule has 0 unspecified atom stereocenters. The number of aromatic nitrogens is 1. The first kappa shape index (κ1) is 17.1.